The highest BCUT2D eigenvalue weighted by molar-refractivity contribution is 7.89. The van der Waals surface area contributed by atoms with Crippen molar-refractivity contribution in [3.63, 3.8) is 0 Å². The van der Waals surface area contributed by atoms with Gasteiger partial charge in [0.2, 0.25) is 10.0 Å². The van der Waals surface area contributed by atoms with Gasteiger partial charge in [-0.1, -0.05) is 0 Å². The number of sulfonamides is 1. The zero-order valence-corrected chi connectivity index (χ0v) is 8.08. The number of alkyl halides is 3. The van der Waals surface area contributed by atoms with E-state index in [1.165, 1.54) is 0 Å². The van der Waals surface area contributed by atoms with Gasteiger partial charge in [-0.2, -0.15) is 13.2 Å². The number of rotatable bonds is 4. The van der Waals surface area contributed by atoms with Gasteiger partial charge in [-0.05, 0) is 12.8 Å². The van der Waals surface area contributed by atoms with Crippen molar-refractivity contribution in [2.24, 2.45) is 5.14 Å². The lowest BCUT2D eigenvalue weighted by molar-refractivity contribution is -0.165. The molecule has 0 unspecified atom stereocenters. The van der Waals surface area contributed by atoms with Crippen LogP contribution in [0.25, 0.3) is 0 Å². The molecule has 0 aromatic carbocycles. The summed E-state index contributed by atoms with van der Waals surface area (Å²) in [6.45, 7) is -0.266. The smallest absolute Gasteiger partial charge is 0.303 e. The largest absolute Gasteiger partial charge is 0.406 e. The third-order valence-electron chi connectivity index (χ3n) is 2.14. The normalized spacial score (nSPS) is 20.9. The van der Waals surface area contributed by atoms with Gasteiger partial charge in [0, 0.05) is 6.54 Å². The summed E-state index contributed by atoms with van der Waals surface area (Å²) in [5, 5.41) is 6.83. The van der Waals surface area contributed by atoms with Gasteiger partial charge in [-0.25, -0.2) is 13.6 Å². The average Bonchev–Trinajstić information content (AvgIpc) is 2.63. The summed E-state index contributed by atoms with van der Waals surface area (Å²) < 4.78 is 57.7. The molecule has 1 rings (SSSR count). The lowest BCUT2D eigenvalue weighted by Gasteiger charge is -2.20. The van der Waals surface area contributed by atoms with Crippen molar-refractivity contribution in [2.45, 2.75) is 24.6 Å². The van der Waals surface area contributed by atoms with Crippen LogP contribution in [0.15, 0.2) is 0 Å². The number of halogens is 3. The average molecular weight is 232 g/mol. The topological polar surface area (TPSA) is 72.2 Å². The van der Waals surface area contributed by atoms with E-state index in [2.05, 4.69) is 10.5 Å². The predicted octanol–water partition coefficient (Wildman–Crippen LogP) is -0.0406. The predicted molar refractivity (Wildman–Crippen MR) is 44.0 cm³/mol. The zero-order valence-electron chi connectivity index (χ0n) is 7.26. The molecule has 0 heterocycles. The fraction of sp³-hybridized carbons (Fsp3) is 1.00. The van der Waals surface area contributed by atoms with Gasteiger partial charge in [0.05, 0.1) is 5.75 Å². The number of hydrogen-bond donors (Lipinski definition) is 2. The SMILES string of the molecule is NS(=O)(=O)CCNC1(C(F)(F)F)CC1. The Hall–Kier alpha value is -0.340. The van der Waals surface area contributed by atoms with Gasteiger partial charge in [-0.15, -0.1) is 0 Å². The first kappa shape index (κ1) is 11.7. The minimum absolute atomic E-state index is 0.00111. The van der Waals surface area contributed by atoms with Gasteiger partial charge < -0.3 is 5.32 Å². The van der Waals surface area contributed by atoms with Crippen molar-refractivity contribution in [1.82, 2.24) is 5.32 Å². The monoisotopic (exact) mass is 232 g/mol. The second-order valence-corrected chi connectivity index (χ2v) is 5.11. The van der Waals surface area contributed by atoms with E-state index in [0.29, 0.717) is 0 Å². The van der Waals surface area contributed by atoms with Gasteiger partial charge in [0.25, 0.3) is 0 Å². The van der Waals surface area contributed by atoms with Crippen molar-refractivity contribution in [3.05, 3.63) is 0 Å². The fourth-order valence-corrected chi connectivity index (χ4v) is 1.50. The van der Waals surface area contributed by atoms with Crippen LogP contribution in [0.4, 0.5) is 13.2 Å². The third kappa shape index (κ3) is 2.82. The molecule has 0 atom stereocenters. The summed E-state index contributed by atoms with van der Waals surface area (Å²) in [4.78, 5) is 0. The molecule has 1 fully saturated rings. The molecular weight excluding hydrogens is 221 g/mol. The van der Waals surface area contributed by atoms with E-state index in [-0.39, 0.29) is 19.4 Å². The molecule has 84 valence electrons. The van der Waals surface area contributed by atoms with Crippen molar-refractivity contribution in [1.29, 1.82) is 0 Å². The Morgan fingerprint density at radius 3 is 2.14 bits per heavy atom. The molecule has 0 aliphatic heterocycles. The van der Waals surface area contributed by atoms with Crippen LogP contribution >= 0.6 is 0 Å². The molecule has 0 aromatic heterocycles. The molecule has 8 heteroatoms. The maximum Gasteiger partial charge on any atom is 0.406 e. The zero-order chi connectivity index (χ0) is 11.0. The molecule has 0 spiro atoms. The van der Waals surface area contributed by atoms with Crippen LogP contribution in [0.2, 0.25) is 0 Å². The maximum absolute atomic E-state index is 12.3. The Kier molecular flexibility index (Phi) is 2.81. The maximum atomic E-state index is 12.3. The third-order valence-corrected chi connectivity index (χ3v) is 2.92. The molecule has 0 bridgehead atoms. The van der Waals surface area contributed by atoms with Crippen LogP contribution in [0.3, 0.4) is 0 Å². The van der Waals surface area contributed by atoms with E-state index in [0.717, 1.165) is 0 Å². The second kappa shape index (κ2) is 3.35. The van der Waals surface area contributed by atoms with Crippen LogP contribution in [0.1, 0.15) is 12.8 Å². The van der Waals surface area contributed by atoms with E-state index < -0.39 is 27.5 Å². The summed E-state index contributed by atoms with van der Waals surface area (Å²) in [6, 6.07) is 0. The van der Waals surface area contributed by atoms with Gasteiger partial charge in [-0.3, -0.25) is 0 Å². The molecular formula is C6H11F3N2O2S. The van der Waals surface area contributed by atoms with E-state index in [1.54, 1.807) is 0 Å². The standard InChI is InChI=1S/C6H11F3N2O2S/c7-6(8,9)5(1-2-5)11-3-4-14(10,12)13/h11H,1-4H2,(H2,10,12,13). The lowest BCUT2D eigenvalue weighted by atomic mass is 10.2. The van der Waals surface area contributed by atoms with E-state index in [9.17, 15) is 21.6 Å². The Labute approximate surface area is 79.7 Å². The van der Waals surface area contributed by atoms with Crippen molar-refractivity contribution < 1.29 is 21.6 Å². The van der Waals surface area contributed by atoms with Crippen LogP contribution in [0.5, 0.6) is 0 Å². The van der Waals surface area contributed by atoms with Crippen LogP contribution in [-0.4, -0.2) is 32.4 Å². The molecule has 1 saturated carbocycles. The van der Waals surface area contributed by atoms with E-state index in [4.69, 9.17) is 0 Å². The van der Waals surface area contributed by atoms with Gasteiger partial charge >= 0.3 is 6.18 Å². The first-order valence-corrected chi connectivity index (χ1v) is 5.70. The highest BCUT2D eigenvalue weighted by Crippen LogP contribution is 2.48. The molecule has 14 heavy (non-hydrogen) atoms. The number of nitrogens with two attached hydrogens (primary N) is 1. The quantitative estimate of drug-likeness (QED) is 0.714. The summed E-state index contributed by atoms with van der Waals surface area (Å²) in [6.07, 6.45) is -4.31. The summed E-state index contributed by atoms with van der Waals surface area (Å²) in [5.74, 6) is -0.481. The second-order valence-electron chi connectivity index (χ2n) is 3.37. The number of nitrogens with one attached hydrogen (secondary N) is 1. The summed E-state index contributed by atoms with van der Waals surface area (Å²) >= 11 is 0. The molecule has 4 nitrogen and oxygen atoms in total. The molecule has 0 radical (unpaired) electrons. The van der Waals surface area contributed by atoms with E-state index in [1.807, 2.05) is 0 Å². The van der Waals surface area contributed by atoms with Crippen LogP contribution in [0, 0.1) is 0 Å². The van der Waals surface area contributed by atoms with Crippen LogP contribution < -0.4 is 10.5 Å². The number of hydrogen-bond acceptors (Lipinski definition) is 3. The highest BCUT2D eigenvalue weighted by Gasteiger charge is 2.62. The van der Waals surface area contributed by atoms with Crippen molar-refractivity contribution in [2.75, 3.05) is 12.3 Å². The van der Waals surface area contributed by atoms with Crippen molar-refractivity contribution >= 4 is 10.0 Å². The Morgan fingerprint density at radius 2 is 1.86 bits per heavy atom. The molecule has 3 N–H and O–H groups in total. The summed E-state index contributed by atoms with van der Waals surface area (Å²) in [5.41, 5.74) is -1.86. The molecule has 0 amide bonds. The Bertz CT molecular complexity index is 308. The first-order valence-electron chi connectivity index (χ1n) is 3.99. The van der Waals surface area contributed by atoms with Crippen LogP contribution in [-0.2, 0) is 10.0 Å². The molecule has 1 aliphatic carbocycles. The van der Waals surface area contributed by atoms with E-state index >= 15 is 0 Å². The molecule has 1 aliphatic rings. The highest BCUT2D eigenvalue weighted by atomic mass is 32.2. The Morgan fingerprint density at radius 1 is 1.36 bits per heavy atom. The summed E-state index contributed by atoms with van der Waals surface area (Å²) in [7, 11) is -3.69. The minimum Gasteiger partial charge on any atom is -0.303 e. The first-order chi connectivity index (χ1) is 6.16. The molecule has 0 aromatic rings. The van der Waals surface area contributed by atoms with Gasteiger partial charge in [0.15, 0.2) is 0 Å². The van der Waals surface area contributed by atoms with Gasteiger partial charge in [0.1, 0.15) is 5.54 Å². The molecule has 0 saturated heterocycles. The Balaban J connectivity index is 2.40. The minimum atomic E-state index is -4.31. The lowest BCUT2D eigenvalue weighted by Crippen LogP contribution is -2.46. The fourth-order valence-electron chi connectivity index (χ4n) is 1.12. The number of primary sulfonamides is 1. The van der Waals surface area contributed by atoms with Crippen molar-refractivity contribution in [3.8, 4) is 0 Å².